The molecule has 0 amide bonds. The van der Waals surface area contributed by atoms with Gasteiger partial charge in [-0.15, -0.1) is 0 Å². The number of fused-ring (bicyclic) bond motifs is 1. The molecule has 2 saturated heterocycles. The average Bonchev–Trinajstić information content (AvgIpc) is 2.73. The quantitative estimate of drug-likeness (QED) is 0.854. The molecule has 0 saturated carbocycles. The first-order valence-electron chi connectivity index (χ1n) is 5.92. The summed E-state index contributed by atoms with van der Waals surface area (Å²) in [7, 11) is 0. The van der Waals surface area contributed by atoms with Crippen LogP contribution in [0.25, 0.3) is 0 Å². The number of hydrogen-bond acceptors (Lipinski definition) is 3. The van der Waals surface area contributed by atoms with Gasteiger partial charge in [0.1, 0.15) is 0 Å². The number of hydrogen-bond donors (Lipinski definition) is 1. The minimum absolute atomic E-state index is 0.689. The van der Waals surface area contributed by atoms with Gasteiger partial charge in [0.15, 0.2) is 0 Å². The van der Waals surface area contributed by atoms with Crippen molar-refractivity contribution in [1.82, 2.24) is 10.3 Å². The van der Waals surface area contributed by atoms with Crippen LogP contribution in [-0.2, 0) is 0 Å². The average molecular weight is 282 g/mol. The lowest BCUT2D eigenvalue weighted by molar-refractivity contribution is 0.340. The van der Waals surface area contributed by atoms with E-state index in [9.17, 15) is 0 Å². The molecule has 0 aromatic carbocycles. The Hall–Kier alpha value is -0.610. The topological polar surface area (TPSA) is 28.2 Å². The van der Waals surface area contributed by atoms with E-state index in [4.69, 9.17) is 0 Å². The molecule has 2 aliphatic rings. The number of rotatable bonds is 1. The fraction of sp³-hybridized carbons (Fsp3) is 0.583. The van der Waals surface area contributed by atoms with Crippen LogP contribution in [0.5, 0.6) is 0 Å². The highest BCUT2D eigenvalue weighted by molar-refractivity contribution is 9.10. The van der Waals surface area contributed by atoms with Gasteiger partial charge < -0.3 is 10.2 Å². The lowest BCUT2D eigenvalue weighted by Gasteiger charge is -2.24. The maximum absolute atomic E-state index is 4.12. The molecule has 16 heavy (non-hydrogen) atoms. The second kappa shape index (κ2) is 4.34. The standard InChI is InChI=1S/C12H16BrN3/c13-10-6-14-5-3-12(10)16-7-9-2-1-4-15-11(9)8-16/h3,5-6,9,11,15H,1-2,4,7-8H2/t9-,11+/m0/s1. The Labute approximate surface area is 104 Å². The molecule has 3 nitrogen and oxygen atoms in total. The highest BCUT2D eigenvalue weighted by atomic mass is 79.9. The van der Waals surface area contributed by atoms with Crippen molar-refractivity contribution in [2.45, 2.75) is 18.9 Å². The van der Waals surface area contributed by atoms with Crippen molar-refractivity contribution in [3.8, 4) is 0 Å². The summed E-state index contributed by atoms with van der Waals surface area (Å²) in [6.45, 7) is 3.50. The van der Waals surface area contributed by atoms with Crippen LogP contribution in [0.1, 0.15) is 12.8 Å². The van der Waals surface area contributed by atoms with Gasteiger partial charge in [0.2, 0.25) is 0 Å². The maximum Gasteiger partial charge on any atom is 0.0592 e. The highest BCUT2D eigenvalue weighted by Gasteiger charge is 2.34. The van der Waals surface area contributed by atoms with Crippen molar-refractivity contribution in [2.24, 2.45) is 5.92 Å². The lowest BCUT2D eigenvalue weighted by Crippen LogP contribution is -2.40. The number of nitrogens with zero attached hydrogens (tertiary/aromatic N) is 2. The van der Waals surface area contributed by atoms with Gasteiger partial charge in [-0.05, 0) is 47.3 Å². The molecule has 86 valence electrons. The summed E-state index contributed by atoms with van der Waals surface area (Å²) in [5.74, 6) is 0.828. The number of aromatic nitrogens is 1. The van der Waals surface area contributed by atoms with Gasteiger partial charge in [0, 0.05) is 31.5 Å². The minimum Gasteiger partial charge on any atom is -0.369 e. The predicted molar refractivity (Wildman–Crippen MR) is 68.7 cm³/mol. The van der Waals surface area contributed by atoms with Crippen molar-refractivity contribution in [2.75, 3.05) is 24.5 Å². The van der Waals surface area contributed by atoms with E-state index in [1.54, 1.807) is 0 Å². The Kier molecular flexibility index (Phi) is 2.86. The molecule has 0 spiro atoms. The molecule has 1 N–H and O–H groups in total. The third-order valence-electron chi connectivity index (χ3n) is 3.69. The lowest BCUT2D eigenvalue weighted by atomic mass is 9.94. The minimum atomic E-state index is 0.689. The van der Waals surface area contributed by atoms with Crippen molar-refractivity contribution in [3.05, 3.63) is 22.9 Å². The van der Waals surface area contributed by atoms with Gasteiger partial charge in [-0.3, -0.25) is 4.98 Å². The SMILES string of the molecule is Brc1cnccc1N1C[C@@H]2CCCN[C@@H]2C1. The van der Waals surface area contributed by atoms with Gasteiger partial charge in [-0.2, -0.15) is 0 Å². The maximum atomic E-state index is 4.12. The van der Waals surface area contributed by atoms with Crippen LogP contribution in [0.4, 0.5) is 5.69 Å². The van der Waals surface area contributed by atoms with Crippen LogP contribution in [0.15, 0.2) is 22.9 Å². The summed E-state index contributed by atoms with van der Waals surface area (Å²) in [4.78, 5) is 6.59. The van der Waals surface area contributed by atoms with Crippen LogP contribution >= 0.6 is 15.9 Å². The predicted octanol–water partition coefficient (Wildman–Crippen LogP) is 2.03. The van der Waals surface area contributed by atoms with Gasteiger partial charge in [0.25, 0.3) is 0 Å². The second-order valence-electron chi connectivity index (χ2n) is 4.69. The van der Waals surface area contributed by atoms with E-state index in [0.29, 0.717) is 6.04 Å². The third kappa shape index (κ3) is 1.84. The number of piperidine rings is 1. The van der Waals surface area contributed by atoms with E-state index < -0.39 is 0 Å². The summed E-state index contributed by atoms with van der Waals surface area (Å²) < 4.78 is 1.11. The van der Waals surface area contributed by atoms with E-state index in [0.717, 1.165) is 16.9 Å². The fourth-order valence-electron chi connectivity index (χ4n) is 2.87. The molecule has 3 heterocycles. The Morgan fingerprint density at radius 1 is 1.44 bits per heavy atom. The van der Waals surface area contributed by atoms with Crippen molar-refractivity contribution < 1.29 is 0 Å². The molecule has 2 fully saturated rings. The zero-order chi connectivity index (χ0) is 11.0. The Morgan fingerprint density at radius 2 is 2.38 bits per heavy atom. The Balaban J connectivity index is 1.80. The Bertz CT molecular complexity index is 368. The van der Waals surface area contributed by atoms with Crippen molar-refractivity contribution >= 4 is 21.6 Å². The van der Waals surface area contributed by atoms with Crippen LogP contribution < -0.4 is 10.2 Å². The fourth-order valence-corrected chi connectivity index (χ4v) is 3.37. The summed E-state index contributed by atoms with van der Waals surface area (Å²) in [5.41, 5.74) is 1.28. The molecule has 4 heteroatoms. The van der Waals surface area contributed by atoms with E-state index in [1.165, 1.54) is 31.6 Å². The molecule has 3 rings (SSSR count). The second-order valence-corrected chi connectivity index (χ2v) is 5.55. The van der Waals surface area contributed by atoms with Crippen molar-refractivity contribution in [1.29, 1.82) is 0 Å². The number of anilines is 1. The zero-order valence-electron chi connectivity index (χ0n) is 9.19. The molecule has 0 unspecified atom stereocenters. The molecule has 0 bridgehead atoms. The normalized spacial score (nSPS) is 29.2. The monoisotopic (exact) mass is 281 g/mol. The van der Waals surface area contributed by atoms with E-state index in [2.05, 4.69) is 37.2 Å². The van der Waals surface area contributed by atoms with Gasteiger partial charge >= 0.3 is 0 Å². The number of pyridine rings is 1. The molecule has 1 aromatic rings. The van der Waals surface area contributed by atoms with Gasteiger partial charge in [0.05, 0.1) is 10.2 Å². The Morgan fingerprint density at radius 3 is 3.19 bits per heavy atom. The zero-order valence-corrected chi connectivity index (χ0v) is 10.8. The van der Waals surface area contributed by atoms with Crippen LogP contribution in [0, 0.1) is 5.92 Å². The van der Waals surface area contributed by atoms with E-state index in [1.807, 2.05) is 12.4 Å². The molecule has 2 aliphatic heterocycles. The smallest absolute Gasteiger partial charge is 0.0592 e. The first kappa shape index (κ1) is 10.5. The molecule has 2 atom stereocenters. The van der Waals surface area contributed by atoms with Gasteiger partial charge in [-0.1, -0.05) is 0 Å². The molecular weight excluding hydrogens is 266 g/mol. The summed E-state index contributed by atoms with van der Waals surface area (Å²) in [5, 5.41) is 3.63. The number of nitrogens with one attached hydrogen (secondary N) is 1. The largest absolute Gasteiger partial charge is 0.369 e. The van der Waals surface area contributed by atoms with Crippen LogP contribution in [0.3, 0.4) is 0 Å². The molecule has 0 radical (unpaired) electrons. The number of halogens is 1. The van der Waals surface area contributed by atoms with E-state index in [-0.39, 0.29) is 0 Å². The summed E-state index contributed by atoms with van der Waals surface area (Å²) >= 11 is 3.58. The summed E-state index contributed by atoms with van der Waals surface area (Å²) in [6, 6.07) is 2.79. The first-order valence-corrected chi connectivity index (χ1v) is 6.72. The first-order chi connectivity index (χ1) is 7.84. The molecular formula is C12H16BrN3. The van der Waals surface area contributed by atoms with Crippen molar-refractivity contribution in [3.63, 3.8) is 0 Å². The molecule has 1 aromatic heterocycles. The highest BCUT2D eigenvalue weighted by Crippen LogP contribution is 2.32. The van der Waals surface area contributed by atoms with Gasteiger partial charge in [-0.25, -0.2) is 0 Å². The van der Waals surface area contributed by atoms with E-state index >= 15 is 0 Å². The van der Waals surface area contributed by atoms with Crippen LogP contribution in [0.2, 0.25) is 0 Å². The summed E-state index contributed by atoms with van der Waals surface area (Å²) in [6.07, 6.45) is 6.45. The third-order valence-corrected chi connectivity index (χ3v) is 4.30. The molecule has 0 aliphatic carbocycles. The van der Waals surface area contributed by atoms with Crippen LogP contribution in [-0.4, -0.2) is 30.7 Å².